The number of ether oxygens (including phenoxy) is 1. The Balaban J connectivity index is 1.61. The number of hydrogen-bond acceptors (Lipinski definition) is 4. The van der Waals surface area contributed by atoms with Gasteiger partial charge in [0.2, 0.25) is 0 Å². The van der Waals surface area contributed by atoms with E-state index in [1.54, 1.807) is 7.11 Å². The summed E-state index contributed by atoms with van der Waals surface area (Å²) in [6.45, 7) is 5.38. The first-order valence-corrected chi connectivity index (χ1v) is 11.4. The van der Waals surface area contributed by atoms with Crippen LogP contribution in [0.15, 0.2) is 29.3 Å². The molecule has 0 atom stereocenters. The fourth-order valence-corrected chi connectivity index (χ4v) is 3.87. The lowest BCUT2D eigenvalue weighted by atomic mass is 9.96. The summed E-state index contributed by atoms with van der Waals surface area (Å²) in [5.41, 5.74) is 1.36. The average Bonchev–Trinajstić information content (AvgIpc) is 2.72. The number of methoxy groups -OCH3 is 1. The van der Waals surface area contributed by atoms with Crippen molar-refractivity contribution in [2.24, 2.45) is 10.9 Å². The Bertz CT molecular complexity index is 542. The second-order valence-electron chi connectivity index (χ2n) is 7.15. The maximum atomic E-state index is 5.23. The van der Waals surface area contributed by atoms with E-state index >= 15 is 0 Å². The topological polar surface area (TPSA) is 48.9 Å². The Morgan fingerprint density at radius 2 is 1.93 bits per heavy atom. The highest BCUT2D eigenvalue weighted by Gasteiger charge is 2.19. The number of nitrogens with zero attached hydrogens (tertiary/aromatic N) is 2. The van der Waals surface area contributed by atoms with Gasteiger partial charge in [0.05, 0.1) is 7.11 Å². The summed E-state index contributed by atoms with van der Waals surface area (Å²) in [5.74, 6) is 3.84. The van der Waals surface area contributed by atoms with Gasteiger partial charge >= 0.3 is 0 Å². The van der Waals surface area contributed by atoms with E-state index < -0.39 is 0 Å². The molecule has 0 amide bonds. The standard InChI is InChI=1S/C21H36N4OS/c1-22-21(23-12-4-5-15-27-3)24-16-18-10-13-25(14-11-18)17-19-6-8-20(26-2)9-7-19/h6-9,18H,4-5,10-17H2,1-3H3,(H2,22,23,24). The fraction of sp³-hybridized carbons (Fsp3) is 0.667. The van der Waals surface area contributed by atoms with Crippen LogP contribution in [0.5, 0.6) is 5.75 Å². The van der Waals surface area contributed by atoms with Crippen molar-refractivity contribution < 1.29 is 4.74 Å². The Labute approximate surface area is 169 Å². The molecule has 0 saturated carbocycles. The van der Waals surface area contributed by atoms with Gasteiger partial charge in [0.15, 0.2) is 5.96 Å². The molecule has 2 N–H and O–H groups in total. The summed E-state index contributed by atoms with van der Waals surface area (Å²) >= 11 is 1.91. The van der Waals surface area contributed by atoms with Gasteiger partial charge in [-0.25, -0.2) is 0 Å². The van der Waals surface area contributed by atoms with Crippen molar-refractivity contribution in [2.45, 2.75) is 32.2 Å². The van der Waals surface area contributed by atoms with Gasteiger partial charge < -0.3 is 15.4 Å². The van der Waals surface area contributed by atoms with Crippen molar-refractivity contribution in [3.63, 3.8) is 0 Å². The van der Waals surface area contributed by atoms with E-state index in [1.807, 2.05) is 30.9 Å². The van der Waals surface area contributed by atoms with E-state index in [-0.39, 0.29) is 0 Å². The third kappa shape index (κ3) is 8.43. The van der Waals surface area contributed by atoms with Crippen molar-refractivity contribution >= 4 is 17.7 Å². The first-order chi connectivity index (χ1) is 13.2. The molecule has 1 heterocycles. The predicted octanol–water partition coefficient (Wildman–Crippen LogP) is 3.22. The summed E-state index contributed by atoms with van der Waals surface area (Å²) in [6.07, 6.45) is 7.11. The molecule has 2 rings (SSSR count). The zero-order chi connectivity index (χ0) is 19.3. The molecule has 152 valence electrons. The molecular weight excluding hydrogens is 356 g/mol. The lowest BCUT2D eigenvalue weighted by Gasteiger charge is -2.32. The third-order valence-electron chi connectivity index (χ3n) is 5.12. The zero-order valence-corrected chi connectivity index (χ0v) is 18.0. The molecular formula is C21H36N4OS. The molecule has 0 bridgehead atoms. The van der Waals surface area contributed by atoms with Gasteiger partial charge in [-0.15, -0.1) is 0 Å². The monoisotopic (exact) mass is 392 g/mol. The first kappa shape index (κ1) is 21.9. The molecule has 0 spiro atoms. The van der Waals surface area contributed by atoms with Crippen LogP contribution in [-0.4, -0.2) is 63.2 Å². The normalized spacial score (nSPS) is 16.3. The molecule has 0 aromatic heterocycles. The van der Waals surface area contributed by atoms with Gasteiger partial charge in [-0.1, -0.05) is 12.1 Å². The zero-order valence-electron chi connectivity index (χ0n) is 17.2. The van der Waals surface area contributed by atoms with Gasteiger partial charge in [0.25, 0.3) is 0 Å². The maximum absolute atomic E-state index is 5.23. The van der Waals surface area contributed by atoms with Gasteiger partial charge in [-0.3, -0.25) is 9.89 Å². The summed E-state index contributed by atoms with van der Waals surface area (Å²) in [4.78, 5) is 6.90. The van der Waals surface area contributed by atoms with E-state index in [2.05, 4.69) is 38.9 Å². The Hall–Kier alpha value is -1.40. The van der Waals surface area contributed by atoms with Crippen LogP contribution in [0.1, 0.15) is 31.2 Å². The maximum Gasteiger partial charge on any atom is 0.190 e. The second kappa shape index (κ2) is 12.9. The van der Waals surface area contributed by atoms with Crippen molar-refractivity contribution in [3.05, 3.63) is 29.8 Å². The Kier molecular flexibility index (Phi) is 10.5. The van der Waals surface area contributed by atoms with E-state index in [0.29, 0.717) is 0 Å². The van der Waals surface area contributed by atoms with Crippen LogP contribution in [0.2, 0.25) is 0 Å². The smallest absolute Gasteiger partial charge is 0.190 e. The van der Waals surface area contributed by atoms with Crippen molar-refractivity contribution in [1.82, 2.24) is 15.5 Å². The van der Waals surface area contributed by atoms with Crippen LogP contribution >= 0.6 is 11.8 Å². The van der Waals surface area contributed by atoms with Crippen LogP contribution < -0.4 is 15.4 Å². The minimum absolute atomic E-state index is 0.729. The Morgan fingerprint density at radius 3 is 2.56 bits per heavy atom. The summed E-state index contributed by atoms with van der Waals surface area (Å²) < 4.78 is 5.23. The number of benzene rings is 1. The molecule has 6 heteroatoms. The van der Waals surface area contributed by atoms with E-state index in [1.165, 1.54) is 50.1 Å². The third-order valence-corrected chi connectivity index (χ3v) is 5.82. The molecule has 1 aromatic carbocycles. The molecule has 1 aromatic rings. The van der Waals surface area contributed by atoms with Gasteiger partial charge in [-0.05, 0) is 74.4 Å². The number of hydrogen-bond donors (Lipinski definition) is 2. The molecule has 0 aliphatic carbocycles. The highest BCUT2D eigenvalue weighted by Crippen LogP contribution is 2.19. The summed E-state index contributed by atoms with van der Waals surface area (Å²) in [7, 11) is 3.57. The second-order valence-corrected chi connectivity index (χ2v) is 8.13. The van der Waals surface area contributed by atoms with Crippen LogP contribution in [-0.2, 0) is 6.54 Å². The number of nitrogens with one attached hydrogen (secondary N) is 2. The van der Waals surface area contributed by atoms with Gasteiger partial charge in [-0.2, -0.15) is 11.8 Å². The average molecular weight is 393 g/mol. The molecule has 27 heavy (non-hydrogen) atoms. The predicted molar refractivity (Wildman–Crippen MR) is 118 cm³/mol. The highest BCUT2D eigenvalue weighted by molar-refractivity contribution is 7.98. The fourth-order valence-electron chi connectivity index (χ4n) is 3.38. The molecule has 0 radical (unpaired) electrons. The number of unbranched alkanes of at least 4 members (excludes halogenated alkanes) is 1. The van der Waals surface area contributed by atoms with E-state index in [9.17, 15) is 0 Å². The van der Waals surface area contributed by atoms with Gasteiger partial charge in [0.1, 0.15) is 5.75 Å². The van der Waals surface area contributed by atoms with Crippen LogP contribution in [0, 0.1) is 5.92 Å². The van der Waals surface area contributed by atoms with E-state index in [4.69, 9.17) is 4.74 Å². The number of thioether (sulfide) groups is 1. The largest absolute Gasteiger partial charge is 0.497 e. The number of likely N-dealkylation sites (tertiary alicyclic amines) is 1. The van der Waals surface area contributed by atoms with E-state index in [0.717, 1.165) is 37.3 Å². The molecule has 0 unspecified atom stereocenters. The number of guanidine groups is 1. The van der Waals surface area contributed by atoms with Crippen LogP contribution in [0.4, 0.5) is 0 Å². The van der Waals surface area contributed by atoms with Gasteiger partial charge in [0, 0.05) is 26.7 Å². The molecule has 1 aliphatic heterocycles. The molecule has 5 nitrogen and oxygen atoms in total. The summed E-state index contributed by atoms with van der Waals surface area (Å²) in [6, 6.07) is 8.43. The number of aliphatic imine (C=N–C) groups is 1. The first-order valence-electron chi connectivity index (χ1n) is 10.0. The van der Waals surface area contributed by atoms with Crippen molar-refractivity contribution in [1.29, 1.82) is 0 Å². The van der Waals surface area contributed by atoms with Crippen molar-refractivity contribution in [2.75, 3.05) is 52.3 Å². The highest BCUT2D eigenvalue weighted by atomic mass is 32.2. The van der Waals surface area contributed by atoms with Crippen LogP contribution in [0.25, 0.3) is 0 Å². The number of piperidine rings is 1. The number of rotatable bonds is 10. The SMILES string of the molecule is CN=C(NCCCCSC)NCC1CCN(Cc2ccc(OC)cc2)CC1. The lowest BCUT2D eigenvalue weighted by molar-refractivity contribution is 0.178. The Morgan fingerprint density at radius 1 is 1.19 bits per heavy atom. The minimum Gasteiger partial charge on any atom is -0.497 e. The molecule has 1 saturated heterocycles. The van der Waals surface area contributed by atoms with Crippen molar-refractivity contribution in [3.8, 4) is 5.75 Å². The molecule has 1 fully saturated rings. The quantitative estimate of drug-likeness (QED) is 0.364. The lowest BCUT2D eigenvalue weighted by Crippen LogP contribution is -2.43. The molecule has 1 aliphatic rings. The summed E-state index contributed by atoms with van der Waals surface area (Å²) in [5, 5.41) is 6.94. The minimum atomic E-state index is 0.729. The van der Waals surface area contributed by atoms with Crippen LogP contribution in [0.3, 0.4) is 0 Å².